The Bertz CT molecular complexity index is 351. The van der Waals surface area contributed by atoms with Crippen LogP contribution in [-0.4, -0.2) is 87.5 Å². The zero-order valence-electron chi connectivity index (χ0n) is 10.6. The van der Waals surface area contributed by atoms with E-state index in [0.717, 1.165) is 0 Å². The van der Waals surface area contributed by atoms with Crippen LogP contribution in [0.15, 0.2) is 0 Å². The molecule has 0 aliphatic carbocycles. The number of carboxylic acid groups (broad SMARTS) is 1. The molecule has 2 saturated heterocycles. The zero-order chi connectivity index (χ0) is 14.9. The number of carbonyl (C=O) groups is 1. The predicted molar refractivity (Wildman–Crippen MR) is 62.7 cm³/mol. The highest BCUT2D eigenvalue weighted by Gasteiger charge is 2.45. The Morgan fingerprint density at radius 2 is 1.95 bits per heavy atom. The van der Waals surface area contributed by atoms with Gasteiger partial charge in [-0.25, -0.2) is 0 Å². The van der Waals surface area contributed by atoms with Crippen molar-refractivity contribution >= 4 is 5.97 Å². The Labute approximate surface area is 114 Å². The molecule has 6 N–H and O–H groups in total. The second-order valence-corrected chi connectivity index (χ2v) is 4.99. The van der Waals surface area contributed by atoms with Crippen LogP contribution in [-0.2, 0) is 14.3 Å². The van der Waals surface area contributed by atoms with Crippen LogP contribution < -0.4 is 5.32 Å². The first-order valence-corrected chi connectivity index (χ1v) is 6.36. The Kier molecular flexibility index (Phi) is 4.91. The van der Waals surface area contributed by atoms with Crippen LogP contribution in [0.25, 0.3) is 0 Å². The first-order valence-electron chi connectivity index (χ1n) is 6.36. The van der Waals surface area contributed by atoms with Crippen LogP contribution in [0.5, 0.6) is 0 Å². The van der Waals surface area contributed by atoms with E-state index in [0.29, 0.717) is 0 Å². The third kappa shape index (κ3) is 3.09. The fourth-order valence-corrected chi connectivity index (χ4v) is 2.36. The summed E-state index contributed by atoms with van der Waals surface area (Å²) in [5, 5.41) is 49.6. The van der Waals surface area contributed by atoms with Gasteiger partial charge in [-0.3, -0.25) is 4.79 Å². The number of ether oxygens (including phenoxy) is 2. The molecule has 0 aromatic heterocycles. The van der Waals surface area contributed by atoms with Gasteiger partial charge in [0.2, 0.25) is 0 Å². The van der Waals surface area contributed by atoms with Crippen molar-refractivity contribution in [2.24, 2.45) is 0 Å². The summed E-state index contributed by atoms with van der Waals surface area (Å²) in [5.41, 5.74) is 0. The average Bonchev–Trinajstić information content (AvgIpc) is 2.88. The first-order chi connectivity index (χ1) is 9.43. The molecule has 0 bridgehead atoms. The molecule has 9 nitrogen and oxygen atoms in total. The maximum Gasteiger partial charge on any atom is 0.320 e. The number of rotatable bonds is 4. The van der Waals surface area contributed by atoms with Gasteiger partial charge < -0.3 is 40.3 Å². The lowest BCUT2D eigenvalue weighted by atomic mass is 9.99. The summed E-state index contributed by atoms with van der Waals surface area (Å²) in [5.74, 6) is -0.995. The summed E-state index contributed by atoms with van der Waals surface area (Å²) >= 11 is 0. The molecule has 0 spiro atoms. The lowest BCUT2D eigenvalue weighted by Gasteiger charge is -2.40. The fourth-order valence-electron chi connectivity index (χ4n) is 2.36. The van der Waals surface area contributed by atoms with Crippen molar-refractivity contribution in [3.05, 3.63) is 0 Å². The standard InChI is InChI=1S/C11H19NO8/c13-3-6-7(14)8(15)9(16)11(20-6)19-4-1-5(10(17)18)12-2-4/h4-9,11-16H,1-3H2,(H,17,18)/t4-,5+,6-,7+,8+,9-,11-/m1/s1. The Hall–Kier alpha value is -0.810. The van der Waals surface area contributed by atoms with Crippen molar-refractivity contribution in [3.63, 3.8) is 0 Å². The van der Waals surface area contributed by atoms with Gasteiger partial charge in [0.15, 0.2) is 6.29 Å². The molecule has 0 radical (unpaired) electrons. The van der Waals surface area contributed by atoms with E-state index in [-0.39, 0.29) is 13.0 Å². The molecule has 0 saturated carbocycles. The van der Waals surface area contributed by atoms with E-state index >= 15 is 0 Å². The van der Waals surface area contributed by atoms with E-state index < -0.39 is 55.4 Å². The van der Waals surface area contributed by atoms with E-state index in [1.54, 1.807) is 0 Å². The van der Waals surface area contributed by atoms with Crippen molar-refractivity contribution < 1.29 is 39.8 Å². The highest BCUT2D eigenvalue weighted by atomic mass is 16.7. The molecule has 2 rings (SSSR count). The second-order valence-electron chi connectivity index (χ2n) is 4.99. The van der Waals surface area contributed by atoms with Crippen molar-refractivity contribution in [1.82, 2.24) is 5.32 Å². The number of carboxylic acids is 1. The maximum absolute atomic E-state index is 10.8. The number of aliphatic hydroxyl groups is 4. The topological polar surface area (TPSA) is 149 Å². The molecule has 7 atom stereocenters. The molecule has 2 aliphatic heterocycles. The number of aliphatic hydroxyl groups excluding tert-OH is 4. The molecule has 0 aromatic rings. The van der Waals surface area contributed by atoms with Crippen molar-refractivity contribution in [2.45, 2.75) is 49.3 Å². The molecule has 9 heteroatoms. The summed E-state index contributed by atoms with van der Waals surface area (Å²) < 4.78 is 10.6. The zero-order valence-corrected chi connectivity index (χ0v) is 10.6. The van der Waals surface area contributed by atoms with Gasteiger partial charge in [-0.2, -0.15) is 0 Å². The molecule has 0 aromatic carbocycles. The third-order valence-corrected chi connectivity index (χ3v) is 3.56. The molecule has 0 unspecified atom stereocenters. The van der Waals surface area contributed by atoms with Crippen molar-refractivity contribution in [3.8, 4) is 0 Å². The van der Waals surface area contributed by atoms with Gasteiger partial charge in [0.1, 0.15) is 30.5 Å². The summed E-state index contributed by atoms with van der Waals surface area (Å²) in [7, 11) is 0. The normalized spacial score (nSPS) is 45.5. The number of hydrogen-bond acceptors (Lipinski definition) is 8. The molecule has 0 amide bonds. The van der Waals surface area contributed by atoms with Crippen LogP contribution >= 0.6 is 0 Å². The van der Waals surface area contributed by atoms with E-state index in [4.69, 9.17) is 19.7 Å². The minimum atomic E-state index is -1.50. The van der Waals surface area contributed by atoms with Crippen LogP contribution in [0.4, 0.5) is 0 Å². The molecule has 2 heterocycles. The SMILES string of the molecule is O=C(O)[C@@H]1C[C@@H](O[C@@H]2O[C@H](CO)[C@H](O)[C@H](O)[C@H]2O)CN1. The lowest BCUT2D eigenvalue weighted by molar-refractivity contribution is -0.309. The van der Waals surface area contributed by atoms with Gasteiger partial charge in [-0.15, -0.1) is 0 Å². The van der Waals surface area contributed by atoms with Crippen LogP contribution in [0.1, 0.15) is 6.42 Å². The summed E-state index contributed by atoms with van der Waals surface area (Å²) in [6.45, 7) is -0.266. The molecule has 2 aliphatic rings. The molecule has 20 heavy (non-hydrogen) atoms. The van der Waals surface area contributed by atoms with E-state index in [2.05, 4.69) is 5.32 Å². The highest BCUT2D eigenvalue weighted by molar-refractivity contribution is 5.73. The third-order valence-electron chi connectivity index (χ3n) is 3.56. The minimum Gasteiger partial charge on any atom is -0.480 e. The lowest BCUT2D eigenvalue weighted by Crippen LogP contribution is -2.59. The monoisotopic (exact) mass is 293 g/mol. The predicted octanol–water partition coefficient (Wildman–Crippen LogP) is -3.38. The minimum absolute atomic E-state index is 0.199. The summed E-state index contributed by atoms with van der Waals surface area (Å²) in [6.07, 6.45) is -6.99. The quantitative estimate of drug-likeness (QED) is 0.312. The molecular formula is C11H19NO8. The first kappa shape index (κ1) is 15.6. The maximum atomic E-state index is 10.8. The molecule has 116 valence electrons. The molecule has 2 fully saturated rings. The average molecular weight is 293 g/mol. The Morgan fingerprint density at radius 1 is 1.25 bits per heavy atom. The highest BCUT2D eigenvalue weighted by Crippen LogP contribution is 2.24. The number of hydrogen-bond donors (Lipinski definition) is 6. The van der Waals surface area contributed by atoms with Gasteiger partial charge in [0, 0.05) is 13.0 Å². The van der Waals surface area contributed by atoms with Crippen LogP contribution in [0.3, 0.4) is 0 Å². The van der Waals surface area contributed by atoms with Crippen LogP contribution in [0.2, 0.25) is 0 Å². The molecular weight excluding hydrogens is 274 g/mol. The van der Waals surface area contributed by atoms with Gasteiger partial charge in [-0.1, -0.05) is 0 Å². The van der Waals surface area contributed by atoms with Gasteiger partial charge in [0.05, 0.1) is 12.7 Å². The van der Waals surface area contributed by atoms with Crippen molar-refractivity contribution in [2.75, 3.05) is 13.2 Å². The second kappa shape index (κ2) is 6.31. The number of aliphatic carboxylic acids is 1. The van der Waals surface area contributed by atoms with Crippen molar-refractivity contribution in [1.29, 1.82) is 0 Å². The Morgan fingerprint density at radius 3 is 2.50 bits per heavy atom. The van der Waals surface area contributed by atoms with E-state index in [1.807, 2.05) is 0 Å². The van der Waals surface area contributed by atoms with Gasteiger partial charge in [0.25, 0.3) is 0 Å². The Balaban J connectivity index is 1.93. The van der Waals surface area contributed by atoms with E-state index in [9.17, 15) is 20.1 Å². The summed E-state index contributed by atoms with van der Waals surface area (Å²) in [4.78, 5) is 10.8. The smallest absolute Gasteiger partial charge is 0.320 e. The van der Waals surface area contributed by atoms with Gasteiger partial charge in [-0.05, 0) is 0 Å². The summed E-state index contributed by atoms with van der Waals surface area (Å²) in [6, 6.07) is -0.732. The van der Waals surface area contributed by atoms with Crippen LogP contribution in [0, 0.1) is 0 Å². The fraction of sp³-hybridized carbons (Fsp3) is 0.909. The number of nitrogens with one attached hydrogen (secondary N) is 1. The van der Waals surface area contributed by atoms with Gasteiger partial charge >= 0.3 is 5.97 Å². The van der Waals surface area contributed by atoms with E-state index in [1.165, 1.54) is 0 Å². The largest absolute Gasteiger partial charge is 0.480 e.